The van der Waals surface area contributed by atoms with Crippen molar-refractivity contribution in [2.24, 2.45) is 0 Å². The summed E-state index contributed by atoms with van der Waals surface area (Å²) in [4.78, 5) is 11.1. The van der Waals surface area contributed by atoms with Crippen LogP contribution in [0.1, 0.15) is 36.8 Å². The summed E-state index contributed by atoms with van der Waals surface area (Å²) in [5.74, 6) is 0.503. The van der Waals surface area contributed by atoms with Crippen LogP contribution in [0.2, 0.25) is 5.02 Å². The van der Waals surface area contributed by atoms with E-state index >= 15 is 0 Å². The summed E-state index contributed by atoms with van der Waals surface area (Å²) in [5.41, 5.74) is 1.68. The SMILES string of the molecule is Cc1c(C2(CC(=O)O)CC2)cc(Cl)c2c1OCCCO2. The van der Waals surface area contributed by atoms with Gasteiger partial charge in [-0.05, 0) is 37.0 Å². The number of aliphatic carboxylic acids is 1. The van der Waals surface area contributed by atoms with Gasteiger partial charge < -0.3 is 14.6 Å². The Labute approximate surface area is 122 Å². The van der Waals surface area contributed by atoms with Gasteiger partial charge in [0.2, 0.25) is 0 Å². The summed E-state index contributed by atoms with van der Waals surface area (Å²) in [7, 11) is 0. The smallest absolute Gasteiger partial charge is 0.304 e. The van der Waals surface area contributed by atoms with Gasteiger partial charge in [-0.1, -0.05) is 11.6 Å². The van der Waals surface area contributed by atoms with Crippen molar-refractivity contribution in [2.45, 2.75) is 38.0 Å². The molecule has 0 amide bonds. The summed E-state index contributed by atoms with van der Waals surface area (Å²) >= 11 is 6.31. The molecule has 1 fully saturated rings. The fourth-order valence-electron chi connectivity index (χ4n) is 2.95. The topological polar surface area (TPSA) is 55.8 Å². The Bertz CT molecular complexity index is 563. The van der Waals surface area contributed by atoms with Crippen molar-refractivity contribution in [1.82, 2.24) is 0 Å². The minimum atomic E-state index is -0.773. The molecule has 5 heteroatoms. The first-order valence-corrected chi connectivity index (χ1v) is 7.22. The zero-order valence-corrected chi connectivity index (χ0v) is 12.1. The van der Waals surface area contributed by atoms with Crippen molar-refractivity contribution in [1.29, 1.82) is 0 Å². The van der Waals surface area contributed by atoms with Gasteiger partial charge in [-0.25, -0.2) is 0 Å². The van der Waals surface area contributed by atoms with Crippen molar-refractivity contribution in [3.8, 4) is 11.5 Å². The van der Waals surface area contributed by atoms with Crippen LogP contribution >= 0.6 is 11.6 Å². The number of fused-ring (bicyclic) bond motifs is 1. The van der Waals surface area contributed by atoms with E-state index in [0.717, 1.165) is 30.4 Å². The largest absolute Gasteiger partial charge is 0.489 e. The highest BCUT2D eigenvalue weighted by Crippen LogP contribution is 2.55. The average Bonchev–Trinajstić information content (AvgIpc) is 3.16. The van der Waals surface area contributed by atoms with E-state index in [4.69, 9.17) is 26.2 Å². The number of hydrogen-bond acceptors (Lipinski definition) is 3. The Morgan fingerprint density at radius 2 is 2.00 bits per heavy atom. The molecule has 1 saturated carbocycles. The summed E-state index contributed by atoms with van der Waals surface area (Å²) in [5, 5.41) is 9.62. The number of halogens is 1. The Kier molecular flexibility index (Phi) is 3.28. The highest BCUT2D eigenvalue weighted by Gasteiger charge is 2.47. The summed E-state index contributed by atoms with van der Waals surface area (Å²) in [6.07, 6.45) is 2.73. The van der Waals surface area contributed by atoms with Gasteiger partial charge in [-0.3, -0.25) is 4.79 Å². The maximum Gasteiger partial charge on any atom is 0.304 e. The van der Waals surface area contributed by atoms with Gasteiger partial charge in [0, 0.05) is 11.8 Å². The number of carbonyl (C=O) groups is 1. The lowest BCUT2D eigenvalue weighted by Crippen LogP contribution is -2.15. The van der Waals surface area contributed by atoms with Gasteiger partial charge >= 0.3 is 5.97 Å². The van der Waals surface area contributed by atoms with E-state index in [-0.39, 0.29) is 11.8 Å². The quantitative estimate of drug-likeness (QED) is 0.929. The molecule has 1 N–H and O–H groups in total. The molecule has 20 heavy (non-hydrogen) atoms. The minimum absolute atomic E-state index is 0.143. The molecule has 1 heterocycles. The second-order valence-electron chi connectivity index (χ2n) is 5.59. The van der Waals surface area contributed by atoms with Crippen LogP contribution in [-0.4, -0.2) is 24.3 Å². The van der Waals surface area contributed by atoms with Crippen LogP contribution in [0.25, 0.3) is 0 Å². The maximum atomic E-state index is 11.1. The Balaban J connectivity index is 2.07. The van der Waals surface area contributed by atoms with Crippen LogP contribution < -0.4 is 9.47 Å². The molecular weight excluding hydrogens is 280 g/mol. The van der Waals surface area contributed by atoms with E-state index < -0.39 is 5.97 Å². The van der Waals surface area contributed by atoms with Gasteiger partial charge in [0.1, 0.15) is 0 Å². The fourth-order valence-corrected chi connectivity index (χ4v) is 3.20. The van der Waals surface area contributed by atoms with Crippen molar-refractivity contribution in [2.75, 3.05) is 13.2 Å². The van der Waals surface area contributed by atoms with Crippen LogP contribution in [0.3, 0.4) is 0 Å². The summed E-state index contributed by atoms with van der Waals surface area (Å²) < 4.78 is 11.4. The number of rotatable bonds is 3. The lowest BCUT2D eigenvalue weighted by Gasteiger charge is -2.21. The summed E-state index contributed by atoms with van der Waals surface area (Å²) in [6.45, 7) is 3.15. The second-order valence-corrected chi connectivity index (χ2v) is 6.00. The van der Waals surface area contributed by atoms with Gasteiger partial charge in [-0.2, -0.15) is 0 Å². The second kappa shape index (κ2) is 4.85. The Hall–Kier alpha value is -1.42. The lowest BCUT2D eigenvalue weighted by molar-refractivity contribution is -0.137. The molecule has 0 unspecified atom stereocenters. The van der Waals surface area contributed by atoms with Gasteiger partial charge in [-0.15, -0.1) is 0 Å². The van der Waals surface area contributed by atoms with Gasteiger partial charge in [0.05, 0.1) is 24.7 Å². The van der Waals surface area contributed by atoms with Crippen LogP contribution in [0.5, 0.6) is 11.5 Å². The first-order valence-electron chi connectivity index (χ1n) is 6.84. The van der Waals surface area contributed by atoms with Gasteiger partial charge in [0.15, 0.2) is 11.5 Å². The highest BCUT2D eigenvalue weighted by molar-refractivity contribution is 6.32. The van der Waals surface area contributed by atoms with E-state index in [2.05, 4.69) is 0 Å². The van der Waals surface area contributed by atoms with E-state index in [1.807, 2.05) is 13.0 Å². The zero-order valence-electron chi connectivity index (χ0n) is 11.4. The third kappa shape index (κ3) is 2.22. The number of hydrogen-bond donors (Lipinski definition) is 1. The molecule has 1 aliphatic heterocycles. The molecule has 2 aliphatic rings. The first-order chi connectivity index (χ1) is 9.53. The molecule has 0 bridgehead atoms. The minimum Gasteiger partial charge on any atom is -0.489 e. The van der Waals surface area contributed by atoms with Crippen molar-refractivity contribution in [3.05, 3.63) is 22.2 Å². The van der Waals surface area contributed by atoms with Crippen molar-refractivity contribution >= 4 is 17.6 Å². The highest BCUT2D eigenvalue weighted by atomic mass is 35.5. The number of carboxylic acids is 1. The Morgan fingerprint density at radius 3 is 2.60 bits per heavy atom. The van der Waals surface area contributed by atoms with Gasteiger partial charge in [0.25, 0.3) is 0 Å². The standard InChI is InChI=1S/C15H17ClO4/c1-9-10(15(3-4-15)8-12(17)18)7-11(16)14-13(9)19-5-2-6-20-14/h7H,2-6,8H2,1H3,(H,17,18). The van der Waals surface area contributed by atoms with E-state index in [9.17, 15) is 4.79 Å². The van der Waals surface area contributed by atoms with Crippen LogP contribution in [-0.2, 0) is 10.2 Å². The maximum absolute atomic E-state index is 11.1. The molecular formula is C15H17ClO4. The van der Waals surface area contributed by atoms with Crippen LogP contribution in [0.15, 0.2) is 6.07 Å². The van der Waals surface area contributed by atoms with Crippen LogP contribution in [0.4, 0.5) is 0 Å². The molecule has 1 aromatic rings. The van der Waals surface area contributed by atoms with E-state index in [0.29, 0.717) is 29.7 Å². The molecule has 3 rings (SSSR count). The molecule has 4 nitrogen and oxygen atoms in total. The molecule has 0 radical (unpaired) electrons. The molecule has 108 valence electrons. The fraction of sp³-hybridized carbons (Fsp3) is 0.533. The van der Waals surface area contributed by atoms with E-state index in [1.165, 1.54) is 0 Å². The van der Waals surface area contributed by atoms with Crippen LogP contribution in [0, 0.1) is 6.92 Å². The molecule has 0 atom stereocenters. The zero-order chi connectivity index (χ0) is 14.3. The number of benzene rings is 1. The van der Waals surface area contributed by atoms with Crippen molar-refractivity contribution in [3.63, 3.8) is 0 Å². The molecule has 1 aromatic carbocycles. The lowest BCUT2D eigenvalue weighted by atomic mass is 9.88. The predicted molar refractivity (Wildman–Crippen MR) is 75.0 cm³/mol. The predicted octanol–water partition coefficient (Wildman–Crippen LogP) is 3.32. The van der Waals surface area contributed by atoms with Crippen molar-refractivity contribution < 1.29 is 19.4 Å². The average molecular weight is 297 g/mol. The third-order valence-electron chi connectivity index (χ3n) is 4.13. The Morgan fingerprint density at radius 1 is 1.35 bits per heavy atom. The molecule has 0 aromatic heterocycles. The third-order valence-corrected chi connectivity index (χ3v) is 4.42. The monoisotopic (exact) mass is 296 g/mol. The number of ether oxygens (including phenoxy) is 2. The first kappa shape index (κ1) is 13.6. The molecule has 0 saturated heterocycles. The molecule has 1 aliphatic carbocycles. The summed E-state index contributed by atoms with van der Waals surface area (Å²) in [6, 6.07) is 1.86. The molecule has 0 spiro atoms. The number of carboxylic acid groups (broad SMARTS) is 1. The van der Waals surface area contributed by atoms with E-state index in [1.54, 1.807) is 0 Å². The normalized spacial score (nSPS) is 19.3.